The summed E-state index contributed by atoms with van der Waals surface area (Å²) < 4.78 is 9.85. The Kier molecular flexibility index (Phi) is 4.76. The molecule has 0 aromatic heterocycles. The lowest BCUT2D eigenvalue weighted by atomic mass is 10.1. The van der Waals surface area contributed by atoms with E-state index in [1.165, 1.54) is 7.11 Å². The first-order valence-corrected chi connectivity index (χ1v) is 5.47. The molecule has 0 unspecified atom stereocenters. The second-order valence-corrected chi connectivity index (χ2v) is 3.87. The van der Waals surface area contributed by atoms with E-state index in [4.69, 9.17) is 4.74 Å². The maximum atomic E-state index is 10.9. The third-order valence-corrected chi connectivity index (χ3v) is 2.51. The van der Waals surface area contributed by atoms with Crippen molar-refractivity contribution in [3.8, 4) is 5.75 Å². The SMILES string of the molecule is COC(=O)CC=Cc1cc(C)c(OC)c(C)c1. The van der Waals surface area contributed by atoms with Crippen LogP contribution in [0.4, 0.5) is 0 Å². The number of aryl methyl sites for hydroxylation is 2. The molecule has 0 aliphatic heterocycles. The van der Waals surface area contributed by atoms with Gasteiger partial charge in [-0.15, -0.1) is 0 Å². The van der Waals surface area contributed by atoms with Crippen LogP contribution in [-0.4, -0.2) is 20.2 Å². The first-order valence-electron chi connectivity index (χ1n) is 5.47. The molecule has 0 fully saturated rings. The minimum atomic E-state index is -0.233. The largest absolute Gasteiger partial charge is 0.496 e. The van der Waals surface area contributed by atoms with Gasteiger partial charge in [0.05, 0.1) is 20.6 Å². The molecule has 92 valence electrons. The molecular weight excluding hydrogens is 216 g/mol. The Bertz CT molecular complexity index is 410. The number of hydrogen-bond acceptors (Lipinski definition) is 3. The number of carbonyl (C=O) groups excluding carboxylic acids is 1. The van der Waals surface area contributed by atoms with Gasteiger partial charge in [-0.3, -0.25) is 4.79 Å². The highest BCUT2D eigenvalue weighted by Crippen LogP contribution is 2.24. The molecule has 1 aromatic carbocycles. The van der Waals surface area contributed by atoms with E-state index in [-0.39, 0.29) is 5.97 Å². The minimum absolute atomic E-state index is 0.233. The van der Waals surface area contributed by atoms with Crippen LogP contribution in [0.3, 0.4) is 0 Å². The Morgan fingerprint density at radius 1 is 1.24 bits per heavy atom. The lowest BCUT2D eigenvalue weighted by molar-refractivity contribution is -0.139. The summed E-state index contributed by atoms with van der Waals surface area (Å²) in [5.74, 6) is 0.679. The maximum absolute atomic E-state index is 10.9. The molecule has 0 atom stereocenters. The third kappa shape index (κ3) is 3.63. The van der Waals surface area contributed by atoms with Crippen LogP contribution < -0.4 is 4.74 Å². The fourth-order valence-electron chi connectivity index (χ4n) is 1.78. The molecule has 0 aliphatic carbocycles. The molecule has 1 rings (SSSR count). The third-order valence-electron chi connectivity index (χ3n) is 2.51. The van der Waals surface area contributed by atoms with Gasteiger partial charge in [0.25, 0.3) is 0 Å². The van der Waals surface area contributed by atoms with E-state index in [2.05, 4.69) is 4.74 Å². The molecule has 0 heterocycles. The van der Waals surface area contributed by atoms with E-state index in [1.807, 2.05) is 32.1 Å². The van der Waals surface area contributed by atoms with Crippen LogP contribution in [0.1, 0.15) is 23.1 Å². The van der Waals surface area contributed by atoms with Gasteiger partial charge in [-0.2, -0.15) is 0 Å². The summed E-state index contributed by atoms with van der Waals surface area (Å²) in [4.78, 5) is 10.9. The van der Waals surface area contributed by atoms with E-state index in [9.17, 15) is 4.79 Å². The summed E-state index contributed by atoms with van der Waals surface area (Å²) in [6.07, 6.45) is 4.00. The Hall–Kier alpha value is -1.77. The van der Waals surface area contributed by atoms with Crippen molar-refractivity contribution < 1.29 is 14.3 Å². The van der Waals surface area contributed by atoms with E-state index >= 15 is 0 Å². The molecule has 0 saturated carbocycles. The molecular formula is C14H18O3. The second-order valence-electron chi connectivity index (χ2n) is 3.87. The second kappa shape index (κ2) is 6.09. The summed E-state index contributed by atoms with van der Waals surface area (Å²) in [5.41, 5.74) is 3.24. The number of benzene rings is 1. The zero-order valence-electron chi connectivity index (χ0n) is 10.7. The Labute approximate surface area is 102 Å². The van der Waals surface area contributed by atoms with Crippen molar-refractivity contribution in [3.63, 3.8) is 0 Å². The van der Waals surface area contributed by atoms with Crippen molar-refractivity contribution in [2.24, 2.45) is 0 Å². The molecule has 0 spiro atoms. The van der Waals surface area contributed by atoms with Crippen LogP contribution in [0.15, 0.2) is 18.2 Å². The van der Waals surface area contributed by atoms with Gasteiger partial charge >= 0.3 is 5.97 Å². The van der Waals surface area contributed by atoms with E-state index < -0.39 is 0 Å². The van der Waals surface area contributed by atoms with Crippen LogP contribution in [0.2, 0.25) is 0 Å². The Morgan fingerprint density at radius 2 is 1.82 bits per heavy atom. The van der Waals surface area contributed by atoms with Crippen LogP contribution in [-0.2, 0) is 9.53 Å². The van der Waals surface area contributed by atoms with Gasteiger partial charge in [-0.1, -0.05) is 12.2 Å². The quantitative estimate of drug-likeness (QED) is 0.751. The van der Waals surface area contributed by atoms with Crippen molar-refractivity contribution in [3.05, 3.63) is 34.9 Å². The summed E-state index contributed by atoms with van der Waals surface area (Å²) in [5, 5.41) is 0. The molecule has 0 amide bonds. The summed E-state index contributed by atoms with van der Waals surface area (Å²) in [6.45, 7) is 4.01. The number of esters is 1. The van der Waals surface area contributed by atoms with Crippen molar-refractivity contribution in [1.82, 2.24) is 0 Å². The number of carbonyl (C=O) groups is 1. The molecule has 1 aromatic rings. The number of rotatable bonds is 4. The standard InChI is InChI=1S/C14H18O3/c1-10-8-12(6-5-7-13(15)16-3)9-11(2)14(10)17-4/h5-6,8-9H,7H2,1-4H3. The fraction of sp³-hybridized carbons (Fsp3) is 0.357. The fourth-order valence-corrected chi connectivity index (χ4v) is 1.78. The molecule has 0 N–H and O–H groups in total. The first-order chi connectivity index (χ1) is 8.08. The molecule has 0 bridgehead atoms. The first kappa shape index (κ1) is 13.3. The van der Waals surface area contributed by atoms with Gasteiger partial charge in [0.1, 0.15) is 5.75 Å². The summed E-state index contributed by atoms with van der Waals surface area (Å²) >= 11 is 0. The van der Waals surface area contributed by atoms with Gasteiger partial charge in [0.2, 0.25) is 0 Å². The van der Waals surface area contributed by atoms with Crippen molar-refractivity contribution in [2.75, 3.05) is 14.2 Å². The Balaban J connectivity index is 2.83. The monoisotopic (exact) mass is 234 g/mol. The molecule has 0 radical (unpaired) electrons. The predicted octanol–water partition coefficient (Wildman–Crippen LogP) is 2.89. The average Bonchev–Trinajstić information content (AvgIpc) is 2.28. The van der Waals surface area contributed by atoms with Crippen LogP contribution in [0.25, 0.3) is 6.08 Å². The summed E-state index contributed by atoms with van der Waals surface area (Å²) in [7, 11) is 3.06. The van der Waals surface area contributed by atoms with Crippen molar-refractivity contribution in [1.29, 1.82) is 0 Å². The van der Waals surface area contributed by atoms with Gasteiger partial charge in [-0.25, -0.2) is 0 Å². The highest BCUT2D eigenvalue weighted by molar-refractivity contribution is 5.72. The van der Waals surface area contributed by atoms with E-state index in [0.29, 0.717) is 6.42 Å². The number of ether oxygens (including phenoxy) is 2. The molecule has 3 nitrogen and oxygen atoms in total. The zero-order chi connectivity index (χ0) is 12.8. The van der Waals surface area contributed by atoms with Gasteiger partial charge in [-0.05, 0) is 42.7 Å². The van der Waals surface area contributed by atoms with E-state index in [0.717, 1.165) is 22.4 Å². The van der Waals surface area contributed by atoms with Gasteiger partial charge < -0.3 is 9.47 Å². The lowest BCUT2D eigenvalue weighted by Gasteiger charge is -2.09. The molecule has 17 heavy (non-hydrogen) atoms. The number of methoxy groups -OCH3 is 2. The Morgan fingerprint density at radius 3 is 2.29 bits per heavy atom. The zero-order valence-corrected chi connectivity index (χ0v) is 10.7. The molecule has 0 saturated heterocycles. The van der Waals surface area contributed by atoms with Crippen molar-refractivity contribution >= 4 is 12.0 Å². The van der Waals surface area contributed by atoms with Crippen LogP contribution >= 0.6 is 0 Å². The topological polar surface area (TPSA) is 35.5 Å². The predicted molar refractivity (Wildman–Crippen MR) is 68.1 cm³/mol. The minimum Gasteiger partial charge on any atom is -0.496 e. The van der Waals surface area contributed by atoms with Crippen LogP contribution in [0.5, 0.6) is 5.75 Å². The van der Waals surface area contributed by atoms with E-state index in [1.54, 1.807) is 13.2 Å². The molecule has 3 heteroatoms. The van der Waals surface area contributed by atoms with Crippen LogP contribution in [0, 0.1) is 13.8 Å². The highest BCUT2D eigenvalue weighted by Gasteiger charge is 2.03. The normalized spacial score (nSPS) is 10.6. The highest BCUT2D eigenvalue weighted by atomic mass is 16.5. The lowest BCUT2D eigenvalue weighted by Crippen LogP contribution is -1.96. The van der Waals surface area contributed by atoms with Crippen molar-refractivity contribution in [2.45, 2.75) is 20.3 Å². The smallest absolute Gasteiger partial charge is 0.309 e. The maximum Gasteiger partial charge on any atom is 0.309 e. The average molecular weight is 234 g/mol. The van der Waals surface area contributed by atoms with Gasteiger partial charge in [0, 0.05) is 0 Å². The van der Waals surface area contributed by atoms with Gasteiger partial charge in [0.15, 0.2) is 0 Å². The number of hydrogen-bond donors (Lipinski definition) is 0. The molecule has 0 aliphatic rings. The summed E-state index contributed by atoms with van der Waals surface area (Å²) in [6, 6.07) is 4.05.